The first-order valence-corrected chi connectivity index (χ1v) is 6.65. The van der Waals surface area contributed by atoms with Crippen LogP contribution in [-0.4, -0.2) is 45.3 Å². The molecule has 2 aromatic heterocycles. The molecular weight excluding hydrogens is 264 g/mol. The number of carbonyl (C=O) groups excluding carboxylic acids is 1. The third-order valence-electron chi connectivity index (χ3n) is 3.03. The van der Waals surface area contributed by atoms with Crippen LogP contribution in [0.25, 0.3) is 11.2 Å². The Hall–Kier alpha value is -1.62. The number of nitrogens with zero attached hydrogens (tertiary/aromatic N) is 4. The lowest BCUT2D eigenvalue weighted by Crippen LogP contribution is -2.27. The van der Waals surface area contributed by atoms with E-state index in [1.807, 2.05) is 17.6 Å². The lowest BCUT2D eigenvalue weighted by atomic mass is 10.3. The number of fused-ring (bicyclic) bond motifs is 1. The Bertz CT molecular complexity index is 606. The fourth-order valence-corrected chi connectivity index (χ4v) is 2.07. The fraction of sp³-hybridized carbons (Fsp3) is 0.462. The molecule has 0 aliphatic carbocycles. The minimum absolute atomic E-state index is 0.0124. The number of alkyl halides is 1. The van der Waals surface area contributed by atoms with Gasteiger partial charge in [-0.15, -0.1) is 11.6 Å². The zero-order chi connectivity index (χ0) is 14.0. The van der Waals surface area contributed by atoms with Crippen molar-refractivity contribution >= 4 is 28.7 Å². The average molecular weight is 281 g/mol. The number of aromatic nitrogens is 3. The van der Waals surface area contributed by atoms with E-state index in [9.17, 15) is 4.79 Å². The van der Waals surface area contributed by atoms with E-state index in [1.54, 1.807) is 25.2 Å². The predicted octanol–water partition coefficient (Wildman–Crippen LogP) is 1.61. The van der Waals surface area contributed by atoms with Crippen molar-refractivity contribution in [2.75, 3.05) is 20.0 Å². The van der Waals surface area contributed by atoms with E-state index < -0.39 is 0 Å². The highest BCUT2D eigenvalue weighted by atomic mass is 35.5. The summed E-state index contributed by atoms with van der Waals surface area (Å²) in [6.45, 7) is 2.23. The zero-order valence-electron chi connectivity index (χ0n) is 11.4. The highest BCUT2D eigenvalue weighted by molar-refractivity contribution is 6.17. The average Bonchev–Trinajstić information content (AvgIpc) is 2.70. The summed E-state index contributed by atoms with van der Waals surface area (Å²) in [7, 11) is 3.47. The molecule has 2 aromatic rings. The predicted molar refractivity (Wildman–Crippen MR) is 75.4 cm³/mol. The van der Waals surface area contributed by atoms with Gasteiger partial charge in [-0.2, -0.15) is 0 Å². The number of halogens is 1. The highest BCUT2D eigenvalue weighted by Gasteiger charge is 2.16. The van der Waals surface area contributed by atoms with Crippen molar-refractivity contribution in [1.82, 2.24) is 19.4 Å². The molecule has 0 fully saturated rings. The number of hydrogen-bond donors (Lipinski definition) is 0. The summed E-state index contributed by atoms with van der Waals surface area (Å²) < 4.78 is 1.85. The summed E-state index contributed by atoms with van der Waals surface area (Å²) >= 11 is 5.81. The SMILES string of the molecule is Cc1ccnc2c1nc(CCCl)n2CC(=O)N(C)C. The van der Waals surface area contributed by atoms with Crippen molar-refractivity contribution in [1.29, 1.82) is 0 Å². The molecule has 0 atom stereocenters. The summed E-state index contributed by atoms with van der Waals surface area (Å²) in [4.78, 5) is 22.4. The summed E-state index contributed by atoms with van der Waals surface area (Å²) in [6, 6.07) is 1.91. The molecule has 0 aliphatic rings. The van der Waals surface area contributed by atoms with Crippen LogP contribution in [0, 0.1) is 6.92 Å². The van der Waals surface area contributed by atoms with Crippen LogP contribution in [0.2, 0.25) is 0 Å². The Kier molecular flexibility index (Phi) is 4.04. The number of imidazole rings is 1. The van der Waals surface area contributed by atoms with Gasteiger partial charge in [-0.3, -0.25) is 4.79 Å². The van der Waals surface area contributed by atoms with Crippen LogP contribution in [0.5, 0.6) is 0 Å². The normalized spacial score (nSPS) is 10.9. The number of carbonyl (C=O) groups is 1. The maximum absolute atomic E-state index is 11.9. The first-order chi connectivity index (χ1) is 9.04. The molecule has 0 radical (unpaired) electrons. The van der Waals surface area contributed by atoms with Crippen molar-refractivity contribution in [2.24, 2.45) is 0 Å². The number of aryl methyl sites for hydroxylation is 2. The minimum Gasteiger partial charge on any atom is -0.347 e. The molecule has 0 saturated heterocycles. The van der Waals surface area contributed by atoms with E-state index in [0.717, 1.165) is 22.6 Å². The maximum Gasteiger partial charge on any atom is 0.242 e. The van der Waals surface area contributed by atoms with E-state index >= 15 is 0 Å². The molecular formula is C13H17ClN4O. The van der Waals surface area contributed by atoms with Gasteiger partial charge in [-0.05, 0) is 18.6 Å². The largest absolute Gasteiger partial charge is 0.347 e. The molecule has 0 saturated carbocycles. The molecule has 2 rings (SSSR count). The lowest BCUT2D eigenvalue weighted by Gasteiger charge is -2.12. The number of amides is 1. The van der Waals surface area contributed by atoms with E-state index in [0.29, 0.717) is 12.3 Å². The molecule has 0 aliphatic heterocycles. The second kappa shape index (κ2) is 5.57. The van der Waals surface area contributed by atoms with Crippen molar-refractivity contribution in [3.63, 3.8) is 0 Å². The second-order valence-electron chi connectivity index (χ2n) is 4.64. The topological polar surface area (TPSA) is 51.0 Å². The molecule has 0 N–H and O–H groups in total. The van der Waals surface area contributed by atoms with Crippen LogP contribution < -0.4 is 0 Å². The van der Waals surface area contributed by atoms with Gasteiger partial charge in [0.15, 0.2) is 5.65 Å². The molecule has 102 valence electrons. The van der Waals surface area contributed by atoms with E-state index in [2.05, 4.69) is 9.97 Å². The van der Waals surface area contributed by atoms with Gasteiger partial charge in [0.2, 0.25) is 5.91 Å². The molecule has 5 nitrogen and oxygen atoms in total. The number of likely N-dealkylation sites (N-methyl/N-ethyl adjacent to an activating group) is 1. The Morgan fingerprint density at radius 1 is 1.47 bits per heavy atom. The van der Waals surface area contributed by atoms with Gasteiger partial charge in [0.25, 0.3) is 0 Å². The van der Waals surface area contributed by atoms with Crippen LogP contribution in [0.1, 0.15) is 11.4 Å². The smallest absolute Gasteiger partial charge is 0.242 e. The van der Waals surface area contributed by atoms with Crippen molar-refractivity contribution in [3.05, 3.63) is 23.7 Å². The van der Waals surface area contributed by atoms with Gasteiger partial charge in [-0.25, -0.2) is 9.97 Å². The van der Waals surface area contributed by atoms with Gasteiger partial charge >= 0.3 is 0 Å². The first-order valence-electron chi connectivity index (χ1n) is 6.11. The molecule has 1 amide bonds. The lowest BCUT2D eigenvalue weighted by molar-refractivity contribution is -0.129. The molecule has 19 heavy (non-hydrogen) atoms. The van der Waals surface area contributed by atoms with Crippen LogP contribution in [0.4, 0.5) is 0 Å². The highest BCUT2D eigenvalue weighted by Crippen LogP contribution is 2.18. The standard InChI is InChI=1S/C13H17ClN4O/c1-9-5-7-15-13-12(9)16-10(4-6-14)18(13)8-11(19)17(2)3/h5,7H,4,6,8H2,1-3H3. The molecule has 0 bridgehead atoms. The number of rotatable bonds is 4. The van der Waals surface area contributed by atoms with Crippen LogP contribution in [0.15, 0.2) is 12.3 Å². The summed E-state index contributed by atoms with van der Waals surface area (Å²) in [6.07, 6.45) is 2.36. The second-order valence-corrected chi connectivity index (χ2v) is 5.02. The van der Waals surface area contributed by atoms with Gasteiger partial charge in [-0.1, -0.05) is 0 Å². The van der Waals surface area contributed by atoms with Gasteiger partial charge in [0, 0.05) is 32.6 Å². The van der Waals surface area contributed by atoms with Gasteiger partial charge < -0.3 is 9.47 Å². The molecule has 0 spiro atoms. The van der Waals surface area contributed by atoms with E-state index in [-0.39, 0.29) is 12.5 Å². The third kappa shape index (κ3) is 2.71. The summed E-state index contributed by atoms with van der Waals surface area (Å²) in [5, 5.41) is 0. The van der Waals surface area contributed by atoms with Crippen molar-refractivity contribution < 1.29 is 4.79 Å². The van der Waals surface area contributed by atoms with Crippen LogP contribution >= 0.6 is 11.6 Å². The van der Waals surface area contributed by atoms with Gasteiger partial charge in [0.05, 0.1) is 0 Å². The molecule has 0 unspecified atom stereocenters. The van der Waals surface area contributed by atoms with Crippen LogP contribution in [0.3, 0.4) is 0 Å². The Morgan fingerprint density at radius 2 is 2.21 bits per heavy atom. The van der Waals surface area contributed by atoms with Crippen LogP contribution in [-0.2, 0) is 17.8 Å². The molecule has 6 heteroatoms. The molecule has 2 heterocycles. The van der Waals surface area contributed by atoms with Crippen molar-refractivity contribution in [3.8, 4) is 0 Å². The Morgan fingerprint density at radius 3 is 2.84 bits per heavy atom. The third-order valence-corrected chi connectivity index (χ3v) is 3.21. The zero-order valence-corrected chi connectivity index (χ0v) is 12.1. The number of hydrogen-bond acceptors (Lipinski definition) is 3. The quantitative estimate of drug-likeness (QED) is 0.800. The maximum atomic E-state index is 11.9. The van der Waals surface area contributed by atoms with E-state index in [1.165, 1.54) is 0 Å². The monoisotopic (exact) mass is 280 g/mol. The summed E-state index contributed by atoms with van der Waals surface area (Å²) in [5.41, 5.74) is 2.64. The summed E-state index contributed by atoms with van der Waals surface area (Å²) in [5.74, 6) is 1.29. The Labute approximate surface area is 117 Å². The Balaban J connectivity index is 2.52. The first kappa shape index (κ1) is 13.8. The fourth-order valence-electron chi connectivity index (χ4n) is 1.90. The van der Waals surface area contributed by atoms with Crippen molar-refractivity contribution in [2.45, 2.75) is 19.9 Å². The molecule has 0 aromatic carbocycles. The number of pyridine rings is 1. The van der Waals surface area contributed by atoms with E-state index in [4.69, 9.17) is 11.6 Å². The van der Waals surface area contributed by atoms with Gasteiger partial charge in [0.1, 0.15) is 17.9 Å². The minimum atomic E-state index is 0.0124.